The van der Waals surface area contributed by atoms with Crippen molar-refractivity contribution in [2.24, 2.45) is 5.92 Å². The Hall–Kier alpha value is -3.33. The number of anilines is 3. The Labute approximate surface area is 179 Å². The lowest BCUT2D eigenvalue weighted by molar-refractivity contribution is 0.0869. The standard InChI is InChI=1S/C22H24N6O3/c1-23-20-11-19(26-16-5-3-9-24-22(16)31-14-7-8-14)27-21-15(12-25-28(20)21)18(30)10-13-4-2-6-17(13)29/h2-3,5,9,11-14,17,29H,4,6-8,10H2,1H3,(H-,23,25,26,27,30)/p+1/t13-,17+/m0/s1. The average Bonchev–Trinajstić information content (AvgIpc) is 3.34. The first-order valence-corrected chi connectivity index (χ1v) is 10.6. The molecule has 2 aliphatic rings. The minimum Gasteiger partial charge on any atom is -0.473 e. The van der Waals surface area contributed by atoms with Crippen LogP contribution in [0.1, 0.15) is 42.5 Å². The van der Waals surface area contributed by atoms with Gasteiger partial charge in [-0.1, -0.05) is 0 Å². The molecule has 2 atom stereocenters. The van der Waals surface area contributed by atoms with Crippen molar-refractivity contribution >= 4 is 28.8 Å². The van der Waals surface area contributed by atoms with Crippen molar-refractivity contribution in [3.8, 4) is 5.88 Å². The molecule has 2 aliphatic carbocycles. The van der Waals surface area contributed by atoms with Crippen molar-refractivity contribution in [3.05, 3.63) is 42.6 Å². The van der Waals surface area contributed by atoms with Crippen LogP contribution in [0.5, 0.6) is 5.88 Å². The van der Waals surface area contributed by atoms with Gasteiger partial charge in [0.25, 0.3) is 0 Å². The number of rotatable bonds is 8. The van der Waals surface area contributed by atoms with Crippen LogP contribution in [0.3, 0.4) is 0 Å². The first-order valence-electron chi connectivity index (χ1n) is 10.6. The first-order chi connectivity index (χ1) is 15.1. The molecule has 9 heteroatoms. The third kappa shape index (κ3) is 4.00. The Morgan fingerprint density at radius 2 is 2.26 bits per heavy atom. The maximum absolute atomic E-state index is 13.0. The van der Waals surface area contributed by atoms with E-state index in [1.165, 1.54) is 0 Å². The second kappa shape index (κ2) is 8.07. The lowest BCUT2D eigenvalue weighted by Crippen LogP contribution is -2.17. The fourth-order valence-corrected chi connectivity index (χ4v) is 3.86. The number of Topliss-reactive ketones (excluding diaryl/α,β-unsaturated/α-hetero) is 1. The zero-order valence-electron chi connectivity index (χ0n) is 17.3. The van der Waals surface area contributed by atoms with Crippen molar-refractivity contribution in [2.45, 2.75) is 44.3 Å². The number of aliphatic hydroxyl groups is 1. The number of carbonyl (C=O) groups excluding carboxylic acids is 1. The first kappa shape index (κ1) is 19.6. The highest BCUT2D eigenvalue weighted by molar-refractivity contribution is 6.01. The molecule has 0 amide bonds. The van der Waals surface area contributed by atoms with Gasteiger partial charge in [-0.2, -0.15) is 9.61 Å². The van der Waals surface area contributed by atoms with E-state index in [1.807, 2.05) is 24.6 Å². The summed E-state index contributed by atoms with van der Waals surface area (Å²) in [5.74, 6) is 1.66. The van der Waals surface area contributed by atoms with Gasteiger partial charge in [0.2, 0.25) is 5.88 Å². The molecule has 2 saturated carbocycles. The Balaban J connectivity index is 1.46. The minimum atomic E-state index is -0.459. The van der Waals surface area contributed by atoms with Crippen LogP contribution in [0.2, 0.25) is 0 Å². The highest BCUT2D eigenvalue weighted by Gasteiger charge is 2.34. The van der Waals surface area contributed by atoms with Crippen LogP contribution in [0, 0.1) is 12.3 Å². The van der Waals surface area contributed by atoms with Crippen LogP contribution in [-0.4, -0.2) is 49.7 Å². The molecule has 0 aliphatic heterocycles. The number of fused-ring (bicyclic) bond motifs is 1. The molecule has 3 heterocycles. The molecule has 3 aromatic heterocycles. The van der Waals surface area contributed by atoms with Gasteiger partial charge in [0.15, 0.2) is 11.4 Å². The SMILES string of the molecule is CNc1cc(Nc2cccnc2OC2CC2)nc2c(C(=O)C[C@@H]3C[CH+]C[C@H]3O)cnn12. The summed E-state index contributed by atoms with van der Waals surface area (Å²) in [5, 5.41) is 20.8. The van der Waals surface area contributed by atoms with E-state index in [1.54, 1.807) is 24.0 Å². The molecule has 0 unspecified atom stereocenters. The molecule has 9 nitrogen and oxygen atoms in total. The van der Waals surface area contributed by atoms with Crippen molar-refractivity contribution in [3.63, 3.8) is 0 Å². The Morgan fingerprint density at radius 1 is 1.39 bits per heavy atom. The predicted molar refractivity (Wildman–Crippen MR) is 116 cm³/mol. The number of aliphatic hydroxyl groups excluding tert-OH is 1. The van der Waals surface area contributed by atoms with E-state index in [0.717, 1.165) is 19.3 Å². The number of pyridine rings is 1. The van der Waals surface area contributed by atoms with Gasteiger partial charge in [0.1, 0.15) is 36.0 Å². The third-order valence-electron chi connectivity index (χ3n) is 5.73. The molecule has 0 aromatic carbocycles. The lowest BCUT2D eigenvalue weighted by Gasteiger charge is -2.13. The number of nitrogens with zero attached hydrogens (tertiary/aromatic N) is 4. The molecule has 2 fully saturated rings. The summed E-state index contributed by atoms with van der Waals surface area (Å²) in [7, 11) is 1.79. The van der Waals surface area contributed by atoms with Crippen LogP contribution in [0.15, 0.2) is 30.6 Å². The average molecular weight is 421 g/mol. The third-order valence-corrected chi connectivity index (χ3v) is 5.73. The van der Waals surface area contributed by atoms with Crippen molar-refractivity contribution in [1.82, 2.24) is 19.6 Å². The van der Waals surface area contributed by atoms with E-state index in [2.05, 4.69) is 25.7 Å². The molecule has 31 heavy (non-hydrogen) atoms. The van der Waals surface area contributed by atoms with Gasteiger partial charge in [0.05, 0.1) is 24.6 Å². The van der Waals surface area contributed by atoms with Crippen LogP contribution in [0.25, 0.3) is 5.65 Å². The van der Waals surface area contributed by atoms with Gasteiger partial charge < -0.3 is 20.5 Å². The Kier molecular flexibility index (Phi) is 5.11. The number of ketones is 1. The fourth-order valence-electron chi connectivity index (χ4n) is 3.86. The number of hydrogen-bond acceptors (Lipinski definition) is 8. The summed E-state index contributed by atoms with van der Waals surface area (Å²) >= 11 is 0. The number of nitrogens with one attached hydrogen (secondary N) is 2. The second-order valence-electron chi connectivity index (χ2n) is 8.08. The summed E-state index contributed by atoms with van der Waals surface area (Å²) < 4.78 is 7.50. The molecular formula is C22H25N6O3+. The van der Waals surface area contributed by atoms with Gasteiger partial charge in [-0.25, -0.2) is 9.97 Å². The highest BCUT2D eigenvalue weighted by Crippen LogP contribution is 2.33. The van der Waals surface area contributed by atoms with Crippen molar-refractivity contribution in [2.75, 3.05) is 17.7 Å². The molecule has 0 spiro atoms. The predicted octanol–water partition coefficient (Wildman–Crippen LogP) is 3.00. The smallest absolute Gasteiger partial charge is 0.238 e. The van der Waals surface area contributed by atoms with Gasteiger partial charge in [-0.05, 0) is 25.0 Å². The number of ether oxygens (including phenoxy) is 1. The summed E-state index contributed by atoms with van der Waals surface area (Å²) in [6, 6.07) is 5.53. The van der Waals surface area contributed by atoms with Gasteiger partial charge >= 0.3 is 0 Å². The number of carbonyl (C=O) groups is 1. The van der Waals surface area contributed by atoms with Crippen LogP contribution >= 0.6 is 0 Å². The Morgan fingerprint density at radius 3 is 3.00 bits per heavy atom. The molecule has 0 radical (unpaired) electrons. The monoisotopic (exact) mass is 421 g/mol. The lowest BCUT2D eigenvalue weighted by atomic mass is 9.96. The molecule has 5 rings (SSSR count). The van der Waals surface area contributed by atoms with Crippen molar-refractivity contribution < 1.29 is 14.6 Å². The fraction of sp³-hybridized carbons (Fsp3) is 0.409. The molecular weight excluding hydrogens is 396 g/mol. The molecule has 3 N–H and O–H groups in total. The van der Waals surface area contributed by atoms with E-state index >= 15 is 0 Å². The Bertz CT molecular complexity index is 1110. The van der Waals surface area contributed by atoms with Gasteiger partial charge in [0, 0.05) is 31.6 Å². The summed E-state index contributed by atoms with van der Waals surface area (Å²) in [4.78, 5) is 22.0. The molecule has 0 saturated heterocycles. The largest absolute Gasteiger partial charge is 0.473 e. The highest BCUT2D eigenvalue weighted by atomic mass is 16.5. The minimum absolute atomic E-state index is 0.0509. The van der Waals surface area contributed by atoms with Crippen LogP contribution < -0.4 is 15.4 Å². The van der Waals surface area contributed by atoms with E-state index in [0.29, 0.717) is 40.8 Å². The van der Waals surface area contributed by atoms with E-state index < -0.39 is 6.10 Å². The summed E-state index contributed by atoms with van der Waals surface area (Å²) in [5.41, 5.74) is 1.62. The topological polar surface area (TPSA) is 114 Å². The zero-order valence-corrected chi connectivity index (χ0v) is 17.3. The molecule has 0 bridgehead atoms. The number of hydrogen-bond donors (Lipinski definition) is 3. The van der Waals surface area contributed by atoms with Crippen LogP contribution in [-0.2, 0) is 0 Å². The quantitative estimate of drug-likeness (QED) is 0.376. The zero-order chi connectivity index (χ0) is 21.4. The van der Waals surface area contributed by atoms with Crippen LogP contribution in [0.4, 0.5) is 17.3 Å². The van der Waals surface area contributed by atoms with Gasteiger partial charge in [-0.15, -0.1) is 0 Å². The number of aromatic nitrogens is 4. The van der Waals surface area contributed by atoms with E-state index in [4.69, 9.17) is 4.74 Å². The van der Waals surface area contributed by atoms with Gasteiger partial charge in [-0.3, -0.25) is 4.79 Å². The molecule has 160 valence electrons. The normalized spacial score (nSPS) is 20.5. The molecule has 3 aromatic rings. The van der Waals surface area contributed by atoms with E-state index in [-0.39, 0.29) is 24.2 Å². The summed E-state index contributed by atoms with van der Waals surface area (Å²) in [6.45, 7) is 0. The maximum Gasteiger partial charge on any atom is 0.238 e. The second-order valence-corrected chi connectivity index (χ2v) is 8.08. The van der Waals surface area contributed by atoms with Crippen molar-refractivity contribution in [1.29, 1.82) is 0 Å². The summed E-state index contributed by atoms with van der Waals surface area (Å²) in [6.07, 6.45) is 8.78. The van der Waals surface area contributed by atoms with E-state index in [9.17, 15) is 9.90 Å². The maximum atomic E-state index is 13.0.